The molecule has 0 saturated carbocycles. The van der Waals surface area contributed by atoms with Gasteiger partial charge in [-0.2, -0.15) is 0 Å². The minimum atomic E-state index is -3.44. The van der Waals surface area contributed by atoms with E-state index in [2.05, 4.69) is 0 Å². The number of carbonyl (C=O) groups excluding carboxylic acids is 1. The van der Waals surface area contributed by atoms with E-state index < -0.39 is 26.7 Å². The molecule has 17 heavy (non-hydrogen) atoms. The third-order valence-corrected chi connectivity index (χ3v) is 4.25. The van der Waals surface area contributed by atoms with Crippen LogP contribution in [0.4, 0.5) is 4.39 Å². The smallest absolute Gasteiger partial charge is 0.181 e. The van der Waals surface area contributed by atoms with Gasteiger partial charge in [-0.3, -0.25) is 4.79 Å². The number of benzene rings is 1. The van der Waals surface area contributed by atoms with Gasteiger partial charge in [-0.05, 0) is 44.0 Å². The molecule has 0 radical (unpaired) electrons. The lowest BCUT2D eigenvalue weighted by atomic mass is 9.97. The molecule has 0 fully saturated rings. The van der Waals surface area contributed by atoms with Crippen molar-refractivity contribution in [1.29, 1.82) is 0 Å². The van der Waals surface area contributed by atoms with Crippen molar-refractivity contribution in [2.24, 2.45) is 0 Å². The Morgan fingerprint density at radius 3 is 2.00 bits per heavy atom. The predicted octanol–water partition coefficient (Wildman–Crippen LogP) is 2.06. The zero-order chi connectivity index (χ0) is 13.4. The minimum Gasteiger partial charge on any atom is -0.293 e. The Balaban J connectivity index is 3.32. The number of sulfone groups is 1. The van der Waals surface area contributed by atoms with Gasteiger partial charge < -0.3 is 0 Å². The van der Waals surface area contributed by atoms with Crippen molar-refractivity contribution in [1.82, 2.24) is 0 Å². The molecule has 0 saturated heterocycles. The summed E-state index contributed by atoms with van der Waals surface area (Å²) in [5.41, 5.74) is 1.22. The molecule has 0 heterocycles. The van der Waals surface area contributed by atoms with Crippen LogP contribution >= 0.6 is 0 Å². The van der Waals surface area contributed by atoms with Crippen molar-refractivity contribution in [3.05, 3.63) is 34.6 Å². The summed E-state index contributed by atoms with van der Waals surface area (Å²) in [6, 6.07) is 2.46. The molecule has 94 valence electrons. The molecule has 1 aromatic carbocycles. The van der Waals surface area contributed by atoms with E-state index >= 15 is 0 Å². The Bertz CT molecular complexity index is 538. The number of hydrogen-bond acceptors (Lipinski definition) is 3. The van der Waals surface area contributed by atoms with Crippen LogP contribution in [-0.2, 0) is 9.84 Å². The van der Waals surface area contributed by atoms with Crippen molar-refractivity contribution >= 4 is 15.6 Å². The highest BCUT2D eigenvalue weighted by Crippen LogP contribution is 2.19. The molecule has 0 spiro atoms. The fourth-order valence-electron chi connectivity index (χ4n) is 1.70. The van der Waals surface area contributed by atoms with Crippen LogP contribution in [0.25, 0.3) is 0 Å². The third kappa shape index (κ3) is 2.91. The quantitative estimate of drug-likeness (QED) is 0.780. The Morgan fingerprint density at radius 2 is 1.65 bits per heavy atom. The van der Waals surface area contributed by atoms with E-state index in [0.717, 1.165) is 6.26 Å². The number of carbonyl (C=O) groups is 1. The predicted molar refractivity (Wildman–Crippen MR) is 64.5 cm³/mol. The number of halogens is 1. The van der Waals surface area contributed by atoms with Crippen LogP contribution in [0.15, 0.2) is 12.1 Å². The number of rotatable bonds is 3. The molecule has 1 atom stereocenters. The zero-order valence-electron chi connectivity index (χ0n) is 10.2. The summed E-state index contributed by atoms with van der Waals surface area (Å²) in [6.07, 6.45) is 1.02. The second-order valence-corrected chi connectivity index (χ2v) is 6.62. The summed E-state index contributed by atoms with van der Waals surface area (Å²) in [7, 11) is -3.44. The summed E-state index contributed by atoms with van der Waals surface area (Å²) >= 11 is 0. The van der Waals surface area contributed by atoms with Gasteiger partial charge in [0.25, 0.3) is 0 Å². The first-order chi connectivity index (χ1) is 7.64. The van der Waals surface area contributed by atoms with Crippen LogP contribution in [-0.4, -0.2) is 25.7 Å². The standard InChI is InChI=1S/C12H15FO3S/c1-7-5-10(13)6-8(2)11(7)12(14)9(3)17(4,15)16/h5-6,9H,1-4H3. The molecule has 1 rings (SSSR count). The van der Waals surface area contributed by atoms with Gasteiger partial charge >= 0.3 is 0 Å². The van der Waals surface area contributed by atoms with E-state index in [9.17, 15) is 17.6 Å². The second-order valence-electron chi connectivity index (χ2n) is 4.25. The first-order valence-electron chi connectivity index (χ1n) is 5.14. The largest absolute Gasteiger partial charge is 0.293 e. The van der Waals surface area contributed by atoms with E-state index in [0.29, 0.717) is 16.7 Å². The van der Waals surface area contributed by atoms with Gasteiger partial charge in [-0.25, -0.2) is 12.8 Å². The fourth-order valence-corrected chi connectivity index (χ4v) is 2.20. The lowest BCUT2D eigenvalue weighted by molar-refractivity contribution is 0.0990. The molecule has 0 aliphatic rings. The minimum absolute atomic E-state index is 0.296. The normalized spacial score (nSPS) is 13.5. The molecule has 0 aliphatic carbocycles. The average Bonchev–Trinajstić information content (AvgIpc) is 2.13. The molecule has 0 aliphatic heterocycles. The summed E-state index contributed by atoms with van der Waals surface area (Å²) in [4.78, 5) is 12.0. The molecule has 0 aromatic heterocycles. The maximum Gasteiger partial charge on any atom is 0.181 e. The molecular weight excluding hydrogens is 243 g/mol. The van der Waals surface area contributed by atoms with Crippen LogP contribution in [0, 0.1) is 19.7 Å². The second kappa shape index (κ2) is 4.56. The highest BCUT2D eigenvalue weighted by molar-refractivity contribution is 7.92. The van der Waals surface area contributed by atoms with E-state index in [1.165, 1.54) is 19.1 Å². The summed E-state index contributed by atoms with van der Waals surface area (Å²) in [5.74, 6) is -0.911. The van der Waals surface area contributed by atoms with Gasteiger partial charge in [0.15, 0.2) is 15.6 Å². The lowest BCUT2D eigenvalue weighted by Crippen LogP contribution is -2.27. The summed E-state index contributed by atoms with van der Waals surface area (Å²) in [6.45, 7) is 4.54. The van der Waals surface area contributed by atoms with Gasteiger partial charge in [0.2, 0.25) is 0 Å². The van der Waals surface area contributed by atoms with E-state index in [1.54, 1.807) is 13.8 Å². The van der Waals surface area contributed by atoms with Crippen LogP contribution in [0.2, 0.25) is 0 Å². The van der Waals surface area contributed by atoms with Gasteiger partial charge in [-0.15, -0.1) is 0 Å². The van der Waals surface area contributed by atoms with Crippen LogP contribution in [0.1, 0.15) is 28.4 Å². The van der Waals surface area contributed by atoms with E-state index in [-0.39, 0.29) is 0 Å². The van der Waals surface area contributed by atoms with Gasteiger partial charge in [-0.1, -0.05) is 0 Å². The topological polar surface area (TPSA) is 51.2 Å². The van der Waals surface area contributed by atoms with Crippen molar-refractivity contribution in [2.75, 3.05) is 6.26 Å². The average molecular weight is 258 g/mol. The number of hydrogen-bond donors (Lipinski definition) is 0. The molecule has 3 nitrogen and oxygen atoms in total. The monoisotopic (exact) mass is 258 g/mol. The van der Waals surface area contributed by atoms with Crippen molar-refractivity contribution < 1.29 is 17.6 Å². The first-order valence-corrected chi connectivity index (χ1v) is 7.10. The summed E-state index contributed by atoms with van der Waals surface area (Å²) in [5, 5.41) is -1.11. The first kappa shape index (κ1) is 13.8. The fraction of sp³-hybridized carbons (Fsp3) is 0.417. The van der Waals surface area contributed by atoms with Crippen molar-refractivity contribution in [2.45, 2.75) is 26.0 Å². The van der Waals surface area contributed by atoms with E-state index in [4.69, 9.17) is 0 Å². The van der Waals surface area contributed by atoms with Crippen molar-refractivity contribution in [3.63, 3.8) is 0 Å². The zero-order valence-corrected chi connectivity index (χ0v) is 11.1. The molecule has 5 heteroatoms. The Kier molecular flexibility index (Phi) is 3.71. The molecule has 0 amide bonds. The van der Waals surface area contributed by atoms with Crippen LogP contribution in [0.5, 0.6) is 0 Å². The molecular formula is C12H15FO3S. The third-order valence-electron chi connectivity index (χ3n) is 2.76. The molecule has 1 aromatic rings. The highest BCUT2D eigenvalue weighted by Gasteiger charge is 2.27. The highest BCUT2D eigenvalue weighted by atomic mass is 32.2. The van der Waals surface area contributed by atoms with Gasteiger partial charge in [0.05, 0.1) is 0 Å². The van der Waals surface area contributed by atoms with Crippen LogP contribution < -0.4 is 0 Å². The Labute approximate surface area is 101 Å². The lowest BCUT2D eigenvalue weighted by Gasteiger charge is -2.13. The molecule has 1 unspecified atom stereocenters. The van der Waals surface area contributed by atoms with Crippen LogP contribution in [0.3, 0.4) is 0 Å². The summed E-state index contributed by atoms with van der Waals surface area (Å²) < 4.78 is 35.8. The van der Waals surface area contributed by atoms with Gasteiger partial charge in [0.1, 0.15) is 11.1 Å². The molecule has 0 bridgehead atoms. The Morgan fingerprint density at radius 1 is 1.24 bits per heavy atom. The van der Waals surface area contributed by atoms with Gasteiger partial charge in [0, 0.05) is 11.8 Å². The number of ketones is 1. The Hall–Kier alpha value is -1.23. The SMILES string of the molecule is Cc1cc(F)cc(C)c1C(=O)C(C)S(C)(=O)=O. The number of Topliss-reactive ketones (excluding diaryl/α,β-unsaturated/α-hetero) is 1. The maximum atomic E-state index is 13.1. The number of aryl methyl sites for hydroxylation is 2. The maximum absolute atomic E-state index is 13.1. The van der Waals surface area contributed by atoms with E-state index in [1.807, 2.05) is 0 Å². The van der Waals surface area contributed by atoms with Crippen molar-refractivity contribution in [3.8, 4) is 0 Å². The molecule has 0 N–H and O–H groups in total.